The summed E-state index contributed by atoms with van der Waals surface area (Å²) in [6, 6.07) is 23.6. The number of amides is 5. The smallest absolute Gasteiger partial charge is 0.323 e. The highest BCUT2D eigenvalue weighted by molar-refractivity contribution is 6.30. The van der Waals surface area contributed by atoms with Crippen LogP contribution in [0.2, 0.25) is 10.0 Å². The lowest BCUT2D eigenvalue weighted by Crippen LogP contribution is -2.41. The molecule has 2 aromatic carbocycles. The van der Waals surface area contributed by atoms with Crippen molar-refractivity contribution < 1.29 is 33.9 Å². The summed E-state index contributed by atoms with van der Waals surface area (Å²) in [6.45, 7) is 8.44. The number of carboxylic acids is 1. The predicted octanol–water partition coefficient (Wildman–Crippen LogP) is 3.95. The van der Waals surface area contributed by atoms with E-state index in [-0.39, 0.29) is 54.1 Å². The first-order chi connectivity index (χ1) is 34.1. The fraction of sp³-hybridized carbons (Fsp3) is 0.320. The maximum atomic E-state index is 13.3. The van der Waals surface area contributed by atoms with E-state index in [4.69, 9.17) is 28.3 Å². The number of aliphatic carboxylic acids is 1. The second-order valence-electron chi connectivity index (χ2n) is 16.6. The Hall–Kier alpha value is -7.48. The topological polar surface area (TPSA) is 238 Å². The van der Waals surface area contributed by atoms with Gasteiger partial charge in [-0.3, -0.25) is 47.5 Å². The molecule has 372 valence electrons. The van der Waals surface area contributed by atoms with Gasteiger partial charge >= 0.3 is 5.97 Å². The average molecular weight is 1010 g/mol. The van der Waals surface area contributed by atoms with Gasteiger partial charge in [0.15, 0.2) is 0 Å². The Balaban J connectivity index is 0.000000200. The van der Waals surface area contributed by atoms with Crippen LogP contribution in [0.4, 0.5) is 0 Å². The minimum absolute atomic E-state index is 0.0250. The molecule has 2 fully saturated rings. The van der Waals surface area contributed by atoms with E-state index >= 15 is 0 Å². The molecule has 0 radical (unpaired) electrons. The number of hydrogen-bond acceptors (Lipinski definition) is 11. The number of aromatic nitrogens is 4. The Kier molecular flexibility index (Phi) is 18.9. The molecule has 0 bridgehead atoms. The number of nitrogens with one attached hydrogen (secondary N) is 3. The predicted molar refractivity (Wildman–Crippen MR) is 268 cm³/mol. The van der Waals surface area contributed by atoms with Crippen molar-refractivity contribution in [1.29, 1.82) is 0 Å². The molecule has 4 aromatic heterocycles. The Morgan fingerprint density at radius 1 is 0.592 bits per heavy atom. The van der Waals surface area contributed by atoms with E-state index in [2.05, 4.69) is 25.9 Å². The maximum absolute atomic E-state index is 13.3. The van der Waals surface area contributed by atoms with Gasteiger partial charge in [-0.25, -0.2) is 9.97 Å². The van der Waals surface area contributed by atoms with Gasteiger partial charge in [0.25, 0.3) is 22.9 Å². The molecule has 71 heavy (non-hydrogen) atoms. The van der Waals surface area contributed by atoms with Gasteiger partial charge < -0.3 is 35.8 Å². The highest BCUT2D eigenvalue weighted by Gasteiger charge is 2.24. The van der Waals surface area contributed by atoms with E-state index in [1.54, 1.807) is 95.7 Å². The number of carboxylic acid groups (broad SMARTS) is 1. The fourth-order valence-corrected chi connectivity index (χ4v) is 8.06. The lowest BCUT2D eigenvalue weighted by atomic mass is 10.1. The molecular formula is C50H54Cl2N10O9. The summed E-state index contributed by atoms with van der Waals surface area (Å²) in [7, 11) is 0. The molecule has 0 aliphatic carbocycles. The maximum Gasteiger partial charge on any atom is 0.323 e. The van der Waals surface area contributed by atoms with E-state index in [9.17, 15) is 38.4 Å². The van der Waals surface area contributed by atoms with Gasteiger partial charge in [-0.1, -0.05) is 47.5 Å². The number of fused-ring (bicyclic) bond motifs is 2. The van der Waals surface area contributed by atoms with Crippen molar-refractivity contribution in [1.82, 2.24) is 49.8 Å². The first-order valence-corrected chi connectivity index (χ1v) is 23.6. The Morgan fingerprint density at radius 3 is 1.54 bits per heavy atom. The number of carbonyl (C=O) groups excluding carboxylic acids is 5. The molecule has 5 amide bonds. The standard InChI is InChI=1S/C25H26ClN5O4.C18H14ClN3O4.C7H14N2O/c1-17(32)29-10-3-11-30(13-12-29)22(33)16-31-23-19(4-2-9-27-23)14-21(25(31)35)24(34)28-15-18-5-7-20(26)8-6-18;19-13-5-3-11(4-6-13)9-21-17(25)14-8-12-2-1-7-20-16(12)22(18(14)26)10-15(23)24;1-7(10)9-5-2-3-8-4-6-9/h2,4-9,14H,3,10-13,15-16H2,1H3,(H,28,34);1-8H,9-10H2,(H,21,25)(H,23,24);8H,2-6H2,1H3. The van der Waals surface area contributed by atoms with Crippen LogP contribution in [0.25, 0.3) is 22.1 Å². The van der Waals surface area contributed by atoms with Crippen LogP contribution < -0.4 is 27.1 Å². The van der Waals surface area contributed by atoms with Gasteiger partial charge in [0, 0.05) is 106 Å². The van der Waals surface area contributed by atoms with E-state index in [1.165, 1.54) is 29.8 Å². The molecule has 6 aromatic rings. The third kappa shape index (κ3) is 14.8. The molecular weight excluding hydrogens is 956 g/mol. The molecule has 2 aliphatic rings. The molecule has 0 unspecified atom stereocenters. The van der Waals surface area contributed by atoms with Crippen LogP contribution in [-0.4, -0.2) is 127 Å². The first kappa shape index (κ1) is 52.9. The largest absolute Gasteiger partial charge is 0.480 e. The van der Waals surface area contributed by atoms with Crippen LogP contribution >= 0.6 is 23.2 Å². The molecule has 0 saturated carbocycles. The Bertz CT molecular complexity index is 3010. The normalized spacial score (nSPS) is 13.7. The highest BCUT2D eigenvalue weighted by atomic mass is 35.5. The second-order valence-corrected chi connectivity index (χ2v) is 17.5. The number of carbonyl (C=O) groups is 6. The molecule has 6 heterocycles. The van der Waals surface area contributed by atoms with Crippen molar-refractivity contribution in [2.75, 3.05) is 52.4 Å². The van der Waals surface area contributed by atoms with Crippen LogP contribution in [0.15, 0.2) is 107 Å². The lowest BCUT2D eigenvalue weighted by molar-refractivity contribution is -0.137. The van der Waals surface area contributed by atoms with Crippen LogP contribution in [0, 0.1) is 0 Å². The molecule has 2 aliphatic heterocycles. The molecule has 2 saturated heterocycles. The van der Waals surface area contributed by atoms with Crippen molar-refractivity contribution in [3.8, 4) is 0 Å². The third-order valence-electron chi connectivity index (χ3n) is 11.6. The number of benzene rings is 2. The zero-order valence-electron chi connectivity index (χ0n) is 39.2. The fourth-order valence-electron chi connectivity index (χ4n) is 7.80. The van der Waals surface area contributed by atoms with Crippen molar-refractivity contribution >= 4 is 80.8 Å². The Labute approximate surface area is 418 Å². The summed E-state index contributed by atoms with van der Waals surface area (Å²) < 4.78 is 2.23. The summed E-state index contributed by atoms with van der Waals surface area (Å²) in [4.78, 5) is 112. The molecule has 0 atom stereocenters. The molecule has 4 N–H and O–H groups in total. The van der Waals surface area contributed by atoms with Gasteiger partial charge in [0.2, 0.25) is 17.7 Å². The van der Waals surface area contributed by atoms with E-state index < -0.39 is 35.4 Å². The minimum Gasteiger partial charge on any atom is -0.480 e. The molecule has 8 rings (SSSR count). The van der Waals surface area contributed by atoms with Crippen molar-refractivity contribution in [2.24, 2.45) is 0 Å². The second kappa shape index (κ2) is 25.4. The summed E-state index contributed by atoms with van der Waals surface area (Å²) in [5, 5.41) is 20.0. The molecule has 0 spiro atoms. The quantitative estimate of drug-likeness (QED) is 0.153. The van der Waals surface area contributed by atoms with Crippen LogP contribution in [0.5, 0.6) is 0 Å². The van der Waals surface area contributed by atoms with Gasteiger partial charge in [-0.15, -0.1) is 0 Å². The van der Waals surface area contributed by atoms with E-state index in [1.807, 2.05) is 4.90 Å². The van der Waals surface area contributed by atoms with Crippen molar-refractivity contribution in [3.63, 3.8) is 0 Å². The highest BCUT2D eigenvalue weighted by Crippen LogP contribution is 2.15. The average Bonchev–Trinajstić information content (AvgIpc) is 3.81. The summed E-state index contributed by atoms with van der Waals surface area (Å²) in [6.07, 6.45) is 4.74. The van der Waals surface area contributed by atoms with Gasteiger partial charge in [0.1, 0.15) is 35.5 Å². The summed E-state index contributed by atoms with van der Waals surface area (Å²) in [5.74, 6) is -2.41. The minimum atomic E-state index is -1.20. The van der Waals surface area contributed by atoms with Crippen molar-refractivity contribution in [3.05, 3.63) is 150 Å². The lowest BCUT2D eigenvalue weighted by Gasteiger charge is -2.22. The number of nitrogens with zero attached hydrogens (tertiary/aromatic N) is 7. The van der Waals surface area contributed by atoms with Crippen molar-refractivity contribution in [2.45, 2.75) is 52.9 Å². The SMILES string of the molecule is CC(=O)N1CCCN(C(=O)Cn2c(=O)c(C(=O)NCc3ccc(Cl)cc3)cc3cccnc32)CC1.CC(=O)N1CCCNCC1.O=C(O)Cn1c(=O)c(C(=O)NCc2ccc(Cl)cc2)cc2cccnc21. The zero-order valence-corrected chi connectivity index (χ0v) is 40.7. The number of hydrogen-bond donors (Lipinski definition) is 4. The van der Waals surface area contributed by atoms with E-state index in [0.29, 0.717) is 59.1 Å². The summed E-state index contributed by atoms with van der Waals surface area (Å²) >= 11 is 11.7. The third-order valence-corrected chi connectivity index (χ3v) is 12.1. The van der Waals surface area contributed by atoms with Crippen LogP contribution in [0.1, 0.15) is 58.5 Å². The monoisotopic (exact) mass is 1010 g/mol. The zero-order chi connectivity index (χ0) is 51.0. The van der Waals surface area contributed by atoms with Crippen LogP contribution in [-0.2, 0) is 45.4 Å². The molecule has 21 heteroatoms. The van der Waals surface area contributed by atoms with Crippen LogP contribution in [0.3, 0.4) is 0 Å². The summed E-state index contributed by atoms with van der Waals surface area (Å²) in [5.41, 5.74) is 0.712. The van der Waals surface area contributed by atoms with Gasteiger partial charge in [-0.2, -0.15) is 0 Å². The van der Waals surface area contributed by atoms with Gasteiger partial charge in [0.05, 0.1) is 0 Å². The number of rotatable bonds is 10. The van der Waals surface area contributed by atoms with Gasteiger partial charge in [-0.05, 0) is 91.2 Å². The molecule has 19 nitrogen and oxygen atoms in total. The first-order valence-electron chi connectivity index (χ1n) is 22.8. The number of halogens is 2. The number of pyridine rings is 4. The van der Waals surface area contributed by atoms with E-state index in [0.717, 1.165) is 48.3 Å². The Morgan fingerprint density at radius 2 is 1.04 bits per heavy atom.